The molecule has 2 amide bonds. The molecule has 24 heavy (non-hydrogen) atoms. The summed E-state index contributed by atoms with van der Waals surface area (Å²) in [7, 11) is 1.66. The van der Waals surface area contributed by atoms with Crippen molar-refractivity contribution in [2.24, 2.45) is 11.8 Å². The van der Waals surface area contributed by atoms with E-state index < -0.39 is 0 Å². The predicted molar refractivity (Wildman–Crippen MR) is 88.5 cm³/mol. The first-order valence-corrected chi connectivity index (χ1v) is 8.47. The number of rotatable bonds is 5. The van der Waals surface area contributed by atoms with Gasteiger partial charge in [0.25, 0.3) is 6.47 Å². The number of piperidine rings is 1. The SMILES string of the molecule is CNC(=O)CN1CCCC(CNC(=O)C2CCOCC2)C1.O=CO. The summed E-state index contributed by atoms with van der Waals surface area (Å²) in [6.45, 7) is 4.18. The number of carbonyl (C=O) groups excluding carboxylic acids is 2. The molecule has 0 aromatic rings. The third-order valence-corrected chi connectivity index (χ3v) is 4.41. The molecule has 8 heteroatoms. The Morgan fingerprint density at radius 3 is 2.58 bits per heavy atom. The van der Waals surface area contributed by atoms with Gasteiger partial charge in [0.1, 0.15) is 0 Å². The first-order valence-electron chi connectivity index (χ1n) is 8.47. The lowest BCUT2D eigenvalue weighted by Crippen LogP contribution is -2.45. The smallest absolute Gasteiger partial charge is 0.290 e. The van der Waals surface area contributed by atoms with E-state index in [2.05, 4.69) is 15.5 Å². The maximum absolute atomic E-state index is 12.1. The second-order valence-electron chi connectivity index (χ2n) is 6.15. The molecule has 2 rings (SSSR count). The van der Waals surface area contributed by atoms with Crippen LogP contribution in [0.5, 0.6) is 0 Å². The van der Waals surface area contributed by atoms with Gasteiger partial charge in [-0.05, 0) is 38.1 Å². The monoisotopic (exact) mass is 343 g/mol. The van der Waals surface area contributed by atoms with E-state index in [9.17, 15) is 9.59 Å². The Bertz CT molecular complexity index is 399. The van der Waals surface area contributed by atoms with Gasteiger partial charge in [-0.1, -0.05) is 0 Å². The molecule has 0 saturated carbocycles. The van der Waals surface area contributed by atoms with Crippen LogP contribution in [0.4, 0.5) is 0 Å². The van der Waals surface area contributed by atoms with E-state index in [-0.39, 0.29) is 24.2 Å². The van der Waals surface area contributed by atoms with Gasteiger partial charge in [0, 0.05) is 39.3 Å². The van der Waals surface area contributed by atoms with E-state index in [0.717, 1.165) is 45.3 Å². The number of nitrogens with zero attached hydrogens (tertiary/aromatic N) is 1. The summed E-state index contributed by atoms with van der Waals surface area (Å²) < 4.78 is 5.28. The van der Waals surface area contributed by atoms with Crippen molar-refractivity contribution in [1.82, 2.24) is 15.5 Å². The third kappa shape index (κ3) is 7.74. The Labute approximate surface area is 142 Å². The van der Waals surface area contributed by atoms with Gasteiger partial charge >= 0.3 is 0 Å². The number of carbonyl (C=O) groups is 3. The molecule has 2 saturated heterocycles. The van der Waals surface area contributed by atoms with E-state index >= 15 is 0 Å². The predicted octanol–water partition coefficient (Wildman–Crippen LogP) is -0.312. The highest BCUT2D eigenvalue weighted by Gasteiger charge is 2.24. The van der Waals surface area contributed by atoms with Gasteiger partial charge in [-0.3, -0.25) is 19.3 Å². The summed E-state index contributed by atoms with van der Waals surface area (Å²) in [4.78, 5) is 34.1. The van der Waals surface area contributed by atoms with Crippen LogP contribution < -0.4 is 10.6 Å². The molecule has 2 aliphatic heterocycles. The second-order valence-corrected chi connectivity index (χ2v) is 6.15. The van der Waals surface area contributed by atoms with E-state index in [4.69, 9.17) is 14.6 Å². The van der Waals surface area contributed by atoms with Crippen molar-refractivity contribution in [3.8, 4) is 0 Å². The molecule has 0 spiro atoms. The number of carboxylic acid groups (broad SMARTS) is 1. The molecular formula is C16H29N3O5. The van der Waals surface area contributed by atoms with Crippen LogP contribution in [0.2, 0.25) is 0 Å². The summed E-state index contributed by atoms with van der Waals surface area (Å²) >= 11 is 0. The molecule has 1 unspecified atom stereocenters. The van der Waals surface area contributed by atoms with Crippen molar-refractivity contribution in [2.75, 3.05) is 46.4 Å². The summed E-state index contributed by atoms with van der Waals surface area (Å²) in [6.07, 6.45) is 3.88. The molecule has 2 aliphatic rings. The fourth-order valence-corrected chi connectivity index (χ4v) is 3.09. The third-order valence-electron chi connectivity index (χ3n) is 4.41. The van der Waals surface area contributed by atoms with Crippen molar-refractivity contribution < 1.29 is 24.2 Å². The van der Waals surface area contributed by atoms with Crippen LogP contribution in [0.1, 0.15) is 25.7 Å². The number of nitrogens with one attached hydrogen (secondary N) is 2. The van der Waals surface area contributed by atoms with Gasteiger partial charge in [-0.2, -0.15) is 0 Å². The van der Waals surface area contributed by atoms with Crippen molar-refractivity contribution in [3.63, 3.8) is 0 Å². The molecular weight excluding hydrogens is 314 g/mol. The van der Waals surface area contributed by atoms with Gasteiger partial charge in [-0.25, -0.2) is 0 Å². The largest absolute Gasteiger partial charge is 0.483 e. The second kappa shape index (κ2) is 11.8. The molecule has 2 heterocycles. The minimum absolute atomic E-state index is 0.0573. The zero-order valence-corrected chi connectivity index (χ0v) is 14.3. The molecule has 3 N–H and O–H groups in total. The number of likely N-dealkylation sites (N-methyl/N-ethyl adjacent to an activating group) is 1. The number of amides is 2. The van der Waals surface area contributed by atoms with Gasteiger partial charge in [-0.15, -0.1) is 0 Å². The first kappa shape index (κ1) is 20.4. The normalized spacial score (nSPS) is 22.0. The van der Waals surface area contributed by atoms with E-state index in [1.165, 1.54) is 0 Å². The van der Waals surface area contributed by atoms with Crippen LogP contribution >= 0.6 is 0 Å². The Morgan fingerprint density at radius 1 is 1.29 bits per heavy atom. The molecule has 0 bridgehead atoms. The zero-order chi connectivity index (χ0) is 17.8. The van der Waals surface area contributed by atoms with Gasteiger partial charge < -0.3 is 20.5 Å². The first-order chi connectivity index (χ1) is 11.6. The van der Waals surface area contributed by atoms with Crippen LogP contribution in [0.3, 0.4) is 0 Å². The van der Waals surface area contributed by atoms with Crippen molar-refractivity contribution in [2.45, 2.75) is 25.7 Å². The highest BCUT2D eigenvalue weighted by Crippen LogP contribution is 2.17. The molecule has 0 aliphatic carbocycles. The van der Waals surface area contributed by atoms with Crippen molar-refractivity contribution in [1.29, 1.82) is 0 Å². The Kier molecular flexibility index (Phi) is 10.0. The number of hydrogen-bond acceptors (Lipinski definition) is 5. The maximum atomic E-state index is 12.1. The van der Waals surface area contributed by atoms with E-state index in [0.29, 0.717) is 25.7 Å². The highest BCUT2D eigenvalue weighted by atomic mass is 16.5. The van der Waals surface area contributed by atoms with Gasteiger partial charge in [0.05, 0.1) is 6.54 Å². The maximum Gasteiger partial charge on any atom is 0.290 e. The highest BCUT2D eigenvalue weighted by molar-refractivity contribution is 5.78. The van der Waals surface area contributed by atoms with Crippen LogP contribution in [0.15, 0.2) is 0 Å². The van der Waals surface area contributed by atoms with E-state index in [1.807, 2.05) is 0 Å². The lowest BCUT2D eigenvalue weighted by molar-refractivity contribution is -0.128. The fraction of sp³-hybridized carbons (Fsp3) is 0.812. The Balaban J connectivity index is 0.000000891. The zero-order valence-electron chi connectivity index (χ0n) is 14.3. The molecule has 8 nitrogen and oxygen atoms in total. The molecule has 138 valence electrons. The summed E-state index contributed by atoms with van der Waals surface area (Å²) in [5.41, 5.74) is 0. The average Bonchev–Trinajstić information content (AvgIpc) is 2.61. The summed E-state index contributed by atoms with van der Waals surface area (Å²) in [6, 6.07) is 0. The molecule has 0 aromatic heterocycles. The lowest BCUT2D eigenvalue weighted by Gasteiger charge is -2.32. The van der Waals surface area contributed by atoms with Crippen molar-refractivity contribution in [3.05, 3.63) is 0 Å². The summed E-state index contributed by atoms with van der Waals surface area (Å²) in [5, 5.41) is 12.6. The van der Waals surface area contributed by atoms with Crippen molar-refractivity contribution >= 4 is 18.3 Å². The van der Waals surface area contributed by atoms with Gasteiger partial charge in [0.15, 0.2) is 0 Å². The Hall–Kier alpha value is -1.67. The number of hydrogen-bond donors (Lipinski definition) is 3. The fourth-order valence-electron chi connectivity index (χ4n) is 3.09. The standard InChI is InChI=1S/C15H27N3O3.CH2O2/c1-16-14(19)11-18-6-2-3-12(10-18)9-17-15(20)13-4-7-21-8-5-13;2-1-3/h12-13H,2-11H2,1H3,(H,16,19)(H,17,20);1H,(H,2,3). The molecule has 2 fully saturated rings. The summed E-state index contributed by atoms with van der Waals surface area (Å²) in [5.74, 6) is 0.792. The quantitative estimate of drug-likeness (QED) is 0.591. The number of ether oxygens (including phenoxy) is 1. The van der Waals surface area contributed by atoms with E-state index in [1.54, 1.807) is 7.05 Å². The minimum Gasteiger partial charge on any atom is -0.483 e. The number of likely N-dealkylation sites (tertiary alicyclic amines) is 1. The van der Waals surface area contributed by atoms with Crippen LogP contribution in [-0.4, -0.2) is 74.7 Å². The molecule has 1 atom stereocenters. The topological polar surface area (TPSA) is 108 Å². The van der Waals surface area contributed by atoms with Crippen LogP contribution in [0.25, 0.3) is 0 Å². The average molecular weight is 343 g/mol. The molecule has 0 radical (unpaired) electrons. The van der Waals surface area contributed by atoms with Crippen LogP contribution in [-0.2, 0) is 19.1 Å². The lowest BCUT2D eigenvalue weighted by atomic mass is 9.96. The molecule has 0 aromatic carbocycles. The Morgan fingerprint density at radius 2 is 1.96 bits per heavy atom. The van der Waals surface area contributed by atoms with Crippen LogP contribution in [0, 0.1) is 11.8 Å². The minimum atomic E-state index is -0.250. The van der Waals surface area contributed by atoms with Gasteiger partial charge in [0.2, 0.25) is 11.8 Å².